The van der Waals surface area contributed by atoms with Gasteiger partial charge in [-0.2, -0.15) is 0 Å². The molecule has 0 amide bonds. The van der Waals surface area contributed by atoms with Crippen molar-refractivity contribution in [3.05, 3.63) is 23.8 Å². The molecule has 0 spiro atoms. The Bertz CT molecular complexity index is 310. The molecule has 0 aliphatic rings. The van der Waals surface area contributed by atoms with Crippen molar-refractivity contribution in [3.63, 3.8) is 0 Å². The van der Waals surface area contributed by atoms with E-state index < -0.39 is 0 Å². The summed E-state index contributed by atoms with van der Waals surface area (Å²) in [5.41, 5.74) is 0.671. The maximum Gasteiger partial charge on any atom is 0.169 e. The molecule has 0 aliphatic heterocycles. The van der Waals surface area contributed by atoms with Gasteiger partial charge in [-0.05, 0) is 12.1 Å². The van der Waals surface area contributed by atoms with Crippen molar-refractivity contribution >= 4 is 6.21 Å². The molecular weight excluding hydrogens is 170 g/mol. The van der Waals surface area contributed by atoms with Crippen LogP contribution < -0.4 is 9.47 Å². The highest BCUT2D eigenvalue weighted by molar-refractivity contribution is 5.84. The first-order chi connectivity index (χ1) is 6.33. The molecule has 0 saturated heterocycles. The quantitative estimate of drug-likeness (QED) is 0.437. The zero-order valence-corrected chi connectivity index (χ0v) is 7.52. The maximum atomic E-state index is 8.38. The van der Waals surface area contributed by atoms with E-state index >= 15 is 0 Å². The Labute approximate surface area is 76.4 Å². The first-order valence-corrected chi connectivity index (χ1v) is 3.72. The summed E-state index contributed by atoms with van der Waals surface area (Å²) in [5, 5.41) is 11.3. The fraction of sp³-hybridized carbons (Fsp3) is 0.222. The number of hydrogen-bond donors (Lipinski definition) is 1. The van der Waals surface area contributed by atoms with Crippen LogP contribution in [0.5, 0.6) is 11.5 Å². The average molecular weight is 181 g/mol. The van der Waals surface area contributed by atoms with E-state index in [4.69, 9.17) is 14.7 Å². The Balaban J connectivity index is 3.18. The predicted molar refractivity (Wildman–Crippen MR) is 48.9 cm³/mol. The minimum absolute atomic E-state index is 0.558. The van der Waals surface area contributed by atoms with Gasteiger partial charge in [0, 0.05) is 5.56 Å². The monoisotopic (exact) mass is 181 g/mol. The summed E-state index contributed by atoms with van der Waals surface area (Å²) in [6.07, 6.45) is 1.29. The second-order valence-corrected chi connectivity index (χ2v) is 2.33. The van der Waals surface area contributed by atoms with E-state index in [1.807, 2.05) is 0 Å². The van der Waals surface area contributed by atoms with Crippen molar-refractivity contribution < 1.29 is 14.7 Å². The minimum atomic E-state index is 0.558. The van der Waals surface area contributed by atoms with E-state index in [2.05, 4.69) is 5.16 Å². The van der Waals surface area contributed by atoms with Crippen LogP contribution in [0, 0.1) is 0 Å². The van der Waals surface area contributed by atoms with Crippen molar-refractivity contribution in [2.45, 2.75) is 0 Å². The molecule has 0 heterocycles. The van der Waals surface area contributed by atoms with Gasteiger partial charge in [-0.1, -0.05) is 11.2 Å². The van der Waals surface area contributed by atoms with E-state index in [1.54, 1.807) is 25.3 Å². The first-order valence-electron chi connectivity index (χ1n) is 3.72. The van der Waals surface area contributed by atoms with Crippen molar-refractivity contribution in [1.82, 2.24) is 0 Å². The molecule has 1 aromatic rings. The van der Waals surface area contributed by atoms with Gasteiger partial charge in [0.1, 0.15) is 0 Å². The average Bonchev–Trinajstić information content (AvgIpc) is 2.18. The van der Waals surface area contributed by atoms with Gasteiger partial charge in [-0.25, -0.2) is 0 Å². The van der Waals surface area contributed by atoms with Crippen molar-refractivity contribution in [2.75, 3.05) is 14.2 Å². The molecule has 13 heavy (non-hydrogen) atoms. The highest BCUT2D eigenvalue weighted by Gasteiger charge is 2.06. The van der Waals surface area contributed by atoms with Gasteiger partial charge < -0.3 is 14.7 Å². The van der Waals surface area contributed by atoms with Crippen LogP contribution in [0.4, 0.5) is 0 Å². The Morgan fingerprint density at radius 1 is 1.31 bits per heavy atom. The molecular formula is C9H11NO3. The van der Waals surface area contributed by atoms with E-state index in [1.165, 1.54) is 13.3 Å². The molecule has 0 bridgehead atoms. The van der Waals surface area contributed by atoms with Gasteiger partial charge in [0.25, 0.3) is 0 Å². The molecule has 70 valence electrons. The van der Waals surface area contributed by atoms with Crippen LogP contribution in [0.2, 0.25) is 0 Å². The first kappa shape index (κ1) is 9.38. The Hall–Kier alpha value is -1.71. The van der Waals surface area contributed by atoms with Gasteiger partial charge in [0.15, 0.2) is 11.5 Å². The number of nitrogens with zero attached hydrogens (tertiary/aromatic N) is 1. The lowest BCUT2D eigenvalue weighted by atomic mass is 10.2. The van der Waals surface area contributed by atoms with E-state index in [0.29, 0.717) is 17.1 Å². The summed E-state index contributed by atoms with van der Waals surface area (Å²) < 4.78 is 10.1. The van der Waals surface area contributed by atoms with Gasteiger partial charge >= 0.3 is 0 Å². The van der Waals surface area contributed by atoms with Gasteiger partial charge in [0.05, 0.1) is 20.4 Å². The van der Waals surface area contributed by atoms with Gasteiger partial charge in [-0.15, -0.1) is 0 Å². The number of methoxy groups -OCH3 is 2. The number of ether oxygens (including phenoxy) is 2. The van der Waals surface area contributed by atoms with Gasteiger partial charge in [-0.3, -0.25) is 0 Å². The highest BCUT2D eigenvalue weighted by Crippen LogP contribution is 2.29. The van der Waals surface area contributed by atoms with Crippen molar-refractivity contribution in [3.8, 4) is 11.5 Å². The van der Waals surface area contributed by atoms with Crippen LogP contribution in [0.3, 0.4) is 0 Å². The third kappa shape index (κ3) is 1.90. The minimum Gasteiger partial charge on any atom is -0.493 e. The largest absolute Gasteiger partial charge is 0.493 e. The number of oxime groups is 1. The molecule has 0 atom stereocenters. The van der Waals surface area contributed by atoms with Crippen LogP contribution in [0.1, 0.15) is 5.56 Å². The second kappa shape index (κ2) is 4.35. The van der Waals surface area contributed by atoms with Gasteiger partial charge in [0.2, 0.25) is 0 Å². The third-order valence-corrected chi connectivity index (χ3v) is 1.63. The normalized spacial score (nSPS) is 10.3. The Morgan fingerprint density at radius 2 is 2.08 bits per heavy atom. The lowest BCUT2D eigenvalue weighted by Crippen LogP contribution is -1.94. The van der Waals surface area contributed by atoms with Crippen LogP contribution >= 0.6 is 0 Å². The van der Waals surface area contributed by atoms with Crippen LogP contribution in [0.25, 0.3) is 0 Å². The van der Waals surface area contributed by atoms with Crippen LogP contribution in [0.15, 0.2) is 23.4 Å². The predicted octanol–water partition coefficient (Wildman–Crippen LogP) is 1.51. The number of para-hydroxylation sites is 1. The molecule has 0 saturated carbocycles. The lowest BCUT2D eigenvalue weighted by Gasteiger charge is -2.08. The Kier molecular flexibility index (Phi) is 3.14. The zero-order valence-electron chi connectivity index (χ0n) is 7.52. The van der Waals surface area contributed by atoms with Crippen LogP contribution in [-0.2, 0) is 0 Å². The van der Waals surface area contributed by atoms with Crippen molar-refractivity contribution in [1.29, 1.82) is 0 Å². The molecule has 0 aromatic heterocycles. The maximum absolute atomic E-state index is 8.38. The molecule has 0 fully saturated rings. The topological polar surface area (TPSA) is 51.0 Å². The molecule has 1 rings (SSSR count). The standard InChI is InChI=1S/C9H11NO3/c1-12-8-5-3-4-7(6-10-11)9(8)13-2/h3-6,11H,1-2H3/b10-6+. The molecule has 0 aliphatic carbocycles. The molecule has 4 heteroatoms. The van der Waals surface area contributed by atoms with E-state index in [-0.39, 0.29) is 0 Å². The third-order valence-electron chi connectivity index (χ3n) is 1.63. The smallest absolute Gasteiger partial charge is 0.169 e. The number of benzene rings is 1. The summed E-state index contributed by atoms with van der Waals surface area (Å²) in [6.45, 7) is 0. The van der Waals surface area contributed by atoms with E-state index in [9.17, 15) is 0 Å². The molecule has 0 radical (unpaired) electrons. The molecule has 0 unspecified atom stereocenters. The highest BCUT2D eigenvalue weighted by atomic mass is 16.5. The molecule has 1 N–H and O–H groups in total. The summed E-state index contributed by atoms with van der Waals surface area (Å²) >= 11 is 0. The fourth-order valence-corrected chi connectivity index (χ4v) is 1.08. The second-order valence-electron chi connectivity index (χ2n) is 2.33. The summed E-state index contributed by atoms with van der Waals surface area (Å²) in [7, 11) is 3.09. The summed E-state index contributed by atoms with van der Waals surface area (Å²) in [4.78, 5) is 0. The zero-order chi connectivity index (χ0) is 9.68. The molecule has 1 aromatic carbocycles. The fourth-order valence-electron chi connectivity index (χ4n) is 1.08. The summed E-state index contributed by atoms with van der Waals surface area (Å²) in [5.74, 6) is 1.17. The van der Waals surface area contributed by atoms with E-state index in [0.717, 1.165) is 0 Å². The lowest BCUT2D eigenvalue weighted by molar-refractivity contribution is 0.321. The molecule has 4 nitrogen and oxygen atoms in total. The van der Waals surface area contributed by atoms with Crippen molar-refractivity contribution in [2.24, 2.45) is 5.16 Å². The Morgan fingerprint density at radius 3 is 2.62 bits per heavy atom. The summed E-state index contributed by atoms with van der Waals surface area (Å²) in [6, 6.07) is 5.33. The van der Waals surface area contributed by atoms with Crippen LogP contribution in [-0.4, -0.2) is 25.6 Å². The SMILES string of the molecule is COc1cccc(/C=N/O)c1OC. The number of hydrogen-bond acceptors (Lipinski definition) is 4. The number of rotatable bonds is 3.